The van der Waals surface area contributed by atoms with Crippen molar-refractivity contribution in [2.45, 2.75) is 38.9 Å². The molecule has 6 heteroatoms. The number of halogens is 3. The van der Waals surface area contributed by atoms with Crippen LogP contribution in [0.5, 0.6) is 0 Å². The Bertz CT molecular complexity index is 452. The fourth-order valence-electron chi connectivity index (χ4n) is 1.47. The summed E-state index contributed by atoms with van der Waals surface area (Å²) < 4.78 is 37.1. The first kappa shape index (κ1) is 16.3. The van der Waals surface area contributed by atoms with Crippen molar-refractivity contribution in [3.05, 3.63) is 29.8 Å². The van der Waals surface area contributed by atoms with Gasteiger partial charge in [0.05, 0.1) is 12.1 Å². The van der Waals surface area contributed by atoms with E-state index in [0.29, 0.717) is 5.69 Å². The summed E-state index contributed by atoms with van der Waals surface area (Å²) in [5.41, 5.74) is -0.527. The van der Waals surface area contributed by atoms with Crippen molar-refractivity contribution >= 4 is 11.6 Å². The summed E-state index contributed by atoms with van der Waals surface area (Å²) in [7, 11) is 0. The fourth-order valence-corrected chi connectivity index (χ4v) is 1.47. The molecule has 0 spiro atoms. The number of carbonyl (C=O) groups excluding carboxylic acids is 1. The Labute approximate surface area is 116 Å². The van der Waals surface area contributed by atoms with Crippen LogP contribution in [0.15, 0.2) is 24.3 Å². The van der Waals surface area contributed by atoms with E-state index in [1.807, 2.05) is 20.8 Å². The molecular formula is C14H19F3N2O. The Morgan fingerprint density at radius 2 is 1.70 bits per heavy atom. The third-order valence-electron chi connectivity index (χ3n) is 3.03. The van der Waals surface area contributed by atoms with Gasteiger partial charge in [-0.15, -0.1) is 0 Å². The molecule has 0 bridgehead atoms. The molecule has 0 saturated heterocycles. The maximum Gasteiger partial charge on any atom is 0.416 e. The summed E-state index contributed by atoms with van der Waals surface area (Å²) in [4.78, 5) is 11.7. The number of anilines is 1. The van der Waals surface area contributed by atoms with Gasteiger partial charge in [-0.1, -0.05) is 6.92 Å². The van der Waals surface area contributed by atoms with Gasteiger partial charge in [0, 0.05) is 11.2 Å². The second-order valence-electron chi connectivity index (χ2n) is 5.21. The van der Waals surface area contributed by atoms with Gasteiger partial charge in [-0.05, 0) is 44.5 Å². The molecule has 0 fully saturated rings. The smallest absolute Gasteiger partial charge is 0.376 e. The molecular weight excluding hydrogens is 269 g/mol. The summed E-state index contributed by atoms with van der Waals surface area (Å²) in [6, 6.07) is 4.58. The van der Waals surface area contributed by atoms with E-state index in [2.05, 4.69) is 10.6 Å². The van der Waals surface area contributed by atoms with Crippen LogP contribution in [-0.2, 0) is 11.0 Å². The monoisotopic (exact) mass is 288 g/mol. The summed E-state index contributed by atoms with van der Waals surface area (Å²) in [6.45, 7) is 5.80. The maximum absolute atomic E-state index is 12.4. The lowest BCUT2D eigenvalue weighted by Crippen LogP contribution is -2.45. The third-order valence-corrected chi connectivity index (χ3v) is 3.03. The van der Waals surface area contributed by atoms with Crippen LogP contribution in [-0.4, -0.2) is 18.0 Å². The normalized spacial score (nSPS) is 12.1. The van der Waals surface area contributed by atoms with E-state index < -0.39 is 11.7 Å². The molecule has 0 radical (unpaired) electrons. The zero-order valence-electron chi connectivity index (χ0n) is 11.8. The summed E-state index contributed by atoms with van der Waals surface area (Å²) in [6.07, 6.45) is -3.56. The van der Waals surface area contributed by atoms with Crippen LogP contribution in [0.1, 0.15) is 32.8 Å². The van der Waals surface area contributed by atoms with Crippen molar-refractivity contribution in [3.63, 3.8) is 0 Å². The number of hydrogen-bond donors (Lipinski definition) is 2. The molecule has 1 aromatic rings. The molecule has 0 aliphatic heterocycles. The number of rotatable bonds is 5. The van der Waals surface area contributed by atoms with Gasteiger partial charge in [0.2, 0.25) is 5.91 Å². The molecule has 0 heterocycles. The van der Waals surface area contributed by atoms with Gasteiger partial charge >= 0.3 is 6.18 Å². The van der Waals surface area contributed by atoms with Gasteiger partial charge < -0.3 is 10.6 Å². The first-order valence-electron chi connectivity index (χ1n) is 6.36. The lowest BCUT2D eigenvalue weighted by Gasteiger charge is -2.24. The summed E-state index contributed by atoms with van der Waals surface area (Å²) >= 11 is 0. The molecule has 0 aliphatic carbocycles. The zero-order valence-corrected chi connectivity index (χ0v) is 11.8. The van der Waals surface area contributed by atoms with Gasteiger partial charge in [0.25, 0.3) is 0 Å². The molecule has 0 aliphatic rings. The highest BCUT2D eigenvalue weighted by Gasteiger charge is 2.29. The molecule has 1 aromatic carbocycles. The quantitative estimate of drug-likeness (QED) is 0.871. The Balaban J connectivity index is 2.52. The predicted molar refractivity (Wildman–Crippen MR) is 72.4 cm³/mol. The highest BCUT2D eigenvalue weighted by Crippen LogP contribution is 2.29. The first-order chi connectivity index (χ1) is 9.14. The fraction of sp³-hybridized carbons (Fsp3) is 0.500. The Morgan fingerprint density at radius 1 is 1.15 bits per heavy atom. The lowest BCUT2D eigenvalue weighted by atomic mass is 10.0. The van der Waals surface area contributed by atoms with Crippen molar-refractivity contribution < 1.29 is 18.0 Å². The molecule has 20 heavy (non-hydrogen) atoms. The van der Waals surface area contributed by atoms with Gasteiger partial charge in [0.15, 0.2) is 0 Å². The van der Waals surface area contributed by atoms with Gasteiger partial charge in [-0.25, -0.2) is 0 Å². The number of nitrogens with one attached hydrogen (secondary N) is 2. The SMILES string of the molecule is CCC(C)(C)NC(=O)CNc1ccc(C(F)(F)F)cc1. The van der Waals surface area contributed by atoms with Crippen LogP contribution < -0.4 is 10.6 Å². The summed E-state index contributed by atoms with van der Waals surface area (Å²) in [5, 5.41) is 5.62. The molecule has 0 atom stereocenters. The molecule has 0 unspecified atom stereocenters. The molecule has 0 saturated carbocycles. The average molecular weight is 288 g/mol. The first-order valence-corrected chi connectivity index (χ1v) is 6.36. The number of carbonyl (C=O) groups is 1. The molecule has 1 amide bonds. The molecule has 1 rings (SSSR count). The molecule has 3 nitrogen and oxygen atoms in total. The number of hydrogen-bond acceptors (Lipinski definition) is 2. The summed E-state index contributed by atoms with van der Waals surface area (Å²) in [5.74, 6) is -0.197. The van der Waals surface area contributed by atoms with E-state index in [9.17, 15) is 18.0 Å². The highest BCUT2D eigenvalue weighted by atomic mass is 19.4. The topological polar surface area (TPSA) is 41.1 Å². The zero-order chi connectivity index (χ0) is 15.4. The molecule has 112 valence electrons. The minimum Gasteiger partial charge on any atom is -0.376 e. The Hall–Kier alpha value is -1.72. The Morgan fingerprint density at radius 3 is 2.15 bits per heavy atom. The second kappa shape index (κ2) is 6.15. The maximum atomic E-state index is 12.4. The van der Waals surface area contributed by atoms with E-state index in [0.717, 1.165) is 18.6 Å². The van der Waals surface area contributed by atoms with Crippen molar-refractivity contribution in [2.75, 3.05) is 11.9 Å². The number of alkyl halides is 3. The van der Waals surface area contributed by atoms with E-state index in [1.165, 1.54) is 12.1 Å². The number of benzene rings is 1. The molecule has 0 aromatic heterocycles. The van der Waals surface area contributed by atoms with Crippen molar-refractivity contribution in [1.29, 1.82) is 0 Å². The van der Waals surface area contributed by atoms with Crippen LogP contribution in [0.25, 0.3) is 0 Å². The Kier molecular flexibility index (Phi) is 5.03. The van der Waals surface area contributed by atoms with Crippen molar-refractivity contribution in [2.24, 2.45) is 0 Å². The van der Waals surface area contributed by atoms with Crippen LogP contribution in [0.3, 0.4) is 0 Å². The predicted octanol–water partition coefficient (Wildman–Crippen LogP) is 3.42. The van der Waals surface area contributed by atoms with Crippen molar-refractivity contribution in [3.8, 4) is 0 Å². The number of amides is 1. The van der Waals surface area contributed by atoms with Gasteiger partial charge in [0.1, 0.15) is 0 Å². The van der Waals surface area contributed by atoms with Gasteiger partial charge in [-0.2, -0.15) is 13.2 Å². The largest absolute Gasteiger partial charge is 0.416 e. The van der Waals surface area contributed by atoms with E-state index >= 15 is 0 Å². The minimum atomic E-state index is -4.35. The van der Waals surface area contributed by atoms with E-state index in [4.69, 9.17) is 0 Å². The minimum absolute atomic E-state index is 0.0226. The standard InChI is InChI=1S/C14H19F3N2O/c1-4-13(2,3)19-12(20)9-18-11-7-5-10(6-8-11)14(15,16)17/h5-8,18H,4,9H2,1-3H3,(H,19,20). The molecule has 2 N–H and O–H groups in total. The lowest BCUT2D eigenvalue weighted by molar-refractivity contribution is -0.137. The van der Waals surface area contributed by atoms with E-state index in [-0.39, 0.29) is 18.0 Å². The van der Waals surface area contributed by atoms with Crippen LogP contribution in [0.2, 0.25) is 0 Å². The van der Waals surface area contributed by atoms with Crippen molar-refractivity contribution in [1.82, 2.24) is 5.32 Å². The average Bonchev–Trinajstić information content (AvgIpc) is 2.35. The van der Waals surface area contributed by atoms with E-state index in [1.54, 1.807) is 0 Å². The van der Waals surface area contributed by atoms with Crippen LogP contribution in [0, 0.1) is 0 Å². The highest BCUT2D eigenvalue weighted by molar-refractivity contribution is 5.81. The van der Waals surface area contributed by atoms with Crippen LogP contribution >= 0.6 is 0 Å². The second-order valence-corrected chi connectivity index (χ2v) is 5.21. The van der Waals surface area contributed by atoms with Crippen LogP contribution in [0.4, 0.5) is 18.9 Å². The third kappa shape index (κ3) is 5.11. The van der Waals surface area contributed by atoms with Gasteiger partial charge in [-0.3, -0.25) is 4.79 Å².